The Balaban J connectivity index is 2.45. The lowest BCUT2D eigenvalue weighted by Gasteiger charge is -2.11. The maximum absolute atomic E-state index is 10.6. The first-order valence-corrected chi connectivity index (χ1v) is 5.25. The number of carbonyl (C=O) groups is 1. The van der Waals surface area contributed by atoms with Crippen molar-refractivity contribution in [2.75, 3.05) is 19.0 Å². The Labute approximate surface area is 95.2 Å². The quantitative estimate of drug-likeness (QED) is 0.776. The van der Waals surface area contributed by atoms with Gasteiger partial charge in [0, 0.05) is 6.54 Å². The van der Waals surface area contributed by atoms with Crippen molar-refractivity contribution in [1.82, 2.24) is 0 Å². The van der Waals surface area contributed by atoms with E-state index in [2.05, 4.69) is 5.32 Å². The zero-order valence-corrected chi connectivity index (χ0v) is 9.56. The molecule has 0 aliphatic carbocycles. The van der Waals surface area contributed by atoms with Crippen molar-refractivity contribution >= 4 is 11.7 Å². The number of rotatable bonds is 6. The predicted molar refractivity (Wildman–Crippen MR) is 62.9 cm³/mol. The molecule has 1 rings (SSSR count). The fraction of sp³-hybridized carbons (Fsp3) is 0.417. The lowest BCUT2D eigenvalue weighted by atomic mass is 10.1. The minimum atomic E-state index is -0.762. The van der Waals surface area contributed by atoms with Gasteiger partial charge in [-0.2, -0.15) is 0 Å². The minimum absolute atomic E-state index is 0.331. The van der Waals surface area contributed by atoms with Gasteiger partial charge in [0.15, 0.2) is 0 Å². The molecule has 0 heterocycles. The van der Waals surface area contributed by atoms with Gasteiger partial charge < -0.3 is 15.2 Å². The standard InChI is InChI=1S/C12H17NO3/c1-9(12(14)15)7-8-13-10-5-3-4-6-11(10)16-2/h3-6,9,13H,7-8H2,1-2H3,(H,14,15). The Hall–Kier alpha value is -1.71. The summed E-state index contributed by atoms with van der Waals surface area (Å²) in [6.45, 7) is 2.32. The SMILES string of the molecule is COc1ccccc1NCCC(C)C(=O)O. The molecule has 16 heavy (non-hydrogen) atoms. The van der Waals surface area contributed by atoms with Gasteiger partial charge in [-0.15, -0.1) is 0 Å². The predicted octanol–water partition coefficient (Wildman–Crippen LogP) is 2.22. The molecule has 0 aliphatic heterocycles. The molecule has 1 aromatic carbocycles. The molecule has 88 valence electrons. The van der Waals surface area contributed by atoms with E-state index in [-0.39, 0.29) is 5.92 Å². The summed E-state index contributed by atoms with van der Waals surface area (Å²) in [5, 5.41) is 11.9. The van der Waals surface area contributed by atoms with Gasteiger partial charge in [0.2, 0.25) is 0 Å². The first kappa shape index (κ1) is 12.4. The van der Waals surface area contributed by atoms with Crippen LogP contribution >= 0.6 is 0 Å². The summed E-state index contributed by atoms with van der Waals surface area (Å²) in [5.41, 5.74) is 0.891. The van der Waals surface area contributed by atoms with Crippen LogP contribution in [0.2, 0.25) is 0 Å². The number of methoxy groups -OCH3 is 1. The lowest BCUT2D eigenvalue weighted by Crippen LogP contribution is -2.14. The summed E-state index contributed by atoms with van der Waals surface area (Å²) >= 11 is 0. The van der Waals surface area contributed by atoms with Crippen molar-refractivity contribution in [2.45, 2.75) is 13.3 Å². The topological polar surface area (TPSA) is 58.6 Å². The molecular weight excluding hydrogens is 206 g/mol. The van der Waals surface area contributed by atoms with E-state index in [0.29, 0.717) is 13.0 Å². The van der Waals surface area contributed by atoms with E-state index in [9.17, 15) is 4.79 Å². The van der Waals surface area contributed by atoms with Crippen LogP contribution < -0.4 is 10.1 Å². The van der Waals surface area contributed by atoms with Crippen molar-refractivity contribution in [1.29, 1.82) is 0 Å². The molecular formula is C12H17NO3. The Kier molecular flexibility index (Phi) is 4.64. The van der Waals surface area contributed by atoms with Gasteiger partial charge in [0.25, 0.3) is 0 Å². The van der Waals surface area contributed by atoms with Gasteiger partial charge in [0.05, 0.1) is 18.7 Å². The molecule has 0 fully saturated rings. The van der Waals surface area contributed by atoms with Crippen molar-refractivity contribution in [3.63, 3.8) is 0 Å². The molecule has 0 amide bonds. The smallest absolute Gasteiger partial charge is 0.306 e. The zero-order chi connectivity index (χ0) is 12.0. The number of anilines is 1. The van der Waals surface area contributed by atoms with Crippen LogP contribution in [0.3, 0.4) is 0 Å². The third-order valence-electron chi connectivity index (χ3n) is 2.42. The van der Waals surface area contributed by atoms with Gasteiger partial charge in [-0.1, -0.05) is 19.1 Å². The number of aliphatic carboxylic acids is 1. The normalized spacial score (nSPS) is 11.9. The third kappa shape index (κ3) is 3.46. The van der Waals surface area contributed by atoms with Crippen LogP contribution in [-0.2, 0) is 4.79 Å². The molecule has 1 unspecified atom stereocenters. The van der Waals surface area contributed by atoms with Crippen LogP contribution in [0.5, 0.6) is 5.75 Å². The first-order chi connectivity index (χ1) is 7.65. The van der Waals surface area contributed by atoms with E-state index >= 15 is 0 Å². The largest absolute Gasteiger partial charge is 0.495 e. The zero-order valence-electron chi connectivity index (χ0n) is 9.56. The summed E-state index contributed by atoms with van der Waals surface area (Å²) in [6.07, 6.45) is 0.591. The van der Waals surface area contributed by atoms with Crippen molar-refractivity contribution in [3.05, 3.63) is 24.3 Å². The van der Waals surface area contributed by atoms with E-state index in [1.54, 1.807) is 14.0 Å². The molecule has 4 heteroatoms. The van der Waals surface area contributed by atoms with Gasteiger partial charge in [-0.05, 0) is 18.6 Å². The van der Waals surface area contributed by atoms with Crippen molar-refractivity contribution in [3.8, 4) is 5.75 Å². The maximum atomic E-state index is 10.6. The summed E-state index contributed by atoms with van der Waals surface area (Å²) in [6, 6.07) is 7.57. The molecule has 0 aromatic heterocycles. The minimum Gasteiger partial charge on any atom is -0.495 e. The van der Waals surface area contributed by atoms with Crippen LogP contribution in [0.1, 0.15) is 13.3 Å². The van der Waals surface area contributed by atoms with Crippen LogP contribution in [-0.4, -0.2) is 24.7 Å². The highest BCUT2D eigenvalue weighted by Gasteiger charge is 2.10. The lowest BCUT2D eigenvalue weighted by molar-refractivity contribution is -0.141. The molecule has 0 saturated carbocycles. The molecule has 4 nitrogen and oxygen atoms in total. The molecule has 0 saturated heterocycles. The second-order valence-electron chi connectivity index (χ2n) is 3.66. The highest BCUT2D eigenvalue weighted by Crippen LogP contribution is 2.22. The number of carboxylic acids is 1. The summed E-state index contributed by atoms with van der Waals surface area (Å²) < 4.78 is 5.17. The second-order valence-corrected chi connectivity index (χ2v) is 3.66. The molecule has 0 aliphatic rings. The molecule has 2 N–H and O–H groups in total. The number of carboxylic acid groups (broad SMARTS) is 1. The van der Waals surface area contributed by atoms with E-state index in [1.807, 2.05) is 24.3 Å². The number of para-hydroxylation sites is 2. The van der Waals surface area contributed by atoms with Gasteiger partial charge in [0.1, 0.15) is 5.75 Å². The average molecular weight is 223 g/mol. The van der Waals surface area contributed by atoms with Crippen molar-refractivity contribution < 1.29 is 14.6 Å². The van der Waals surface area contributed by atoms with Gasteiger partial charge in [-0.25, -0.2) is 0 Å². The van der Waals surface area contributed by atoms with Crippen LogP contribution in [0.15, 0.2) is 24.3 Å². The molecule has 0 spiro atoms. The van der Waals surface area contributed by atoms with Crippen LogP contribution in [0.25, 0.3) is 0 Å². The Morgan fingerprint density at radius 1 is 1.50 bits per heavy atom. The number of hydrogen-bond donors (Lipinski definition) is 2. The summed E-state index contributed by atoms with van der Waals surface area (Å²) in [5.74, 6) is -0.325. The highest BCUT2D eigenvalue weighted by molar-refractivity contribution is 5.69. The van der Waals surface area contributed by atoms with Gasteiger partial charge in [-0.3, -0.25) is 4.79 Å². The summed E-state index contributed by atoms with van der Waals surface area (Å²) in [7, 11) is 1.61. The van der Waals surface area contributed by atoms with Crippen LogP contribution in [0.4, 0.5) is 5.69 Å². The van der Waals surface area contributed by atoms with Gasteiger partial charge >= 0.3 is 5.97 Å². The number of hydrogen-bond acceptors (Lipinski definition) is 3. The monoisotopic (exact) mass is 223 g/mol. The molecule has 1 aromatic rings. The molecule has 0 bridgehead atoms. The van der Waals surface area contributed by atoms with E-state index in [0.717, 1.165) is 11.4 Å². The van der Waals surface area contributed by atoms with E-state index in [1.165, 1.54) is 0 Å². The fourth-order valence-electron chi connectivity index (χ4n) is 1.34. The fourth-order valence-corrected chi connectivity index (χ4v) is 1.34. The number of benzene rings is 1. The third-order valence-corrected chi connectivity index (χ3v) is 2.42. The number of nitrogens with one attached hydrogen (secondary N) is 1. The van der Waals surface area contributed by atoms with Crippen LogP contribution in [0, 0.1) is 5.92 Å². The number of ether oxygens (including phenoxy) is 1. The summed E-state index contributed by atoms with van der Waals surface area (Å²) in [4.78, 5) is 10.6. The van der Waals surface area contributed by atoms with Crippen molar-refractivity contribution in [2.24, 2.45) is 5.92 Å². The highest BCUT2D eigenvalue weighted by atomic mass is 16.5. The van der Waals surface area contributed by atoms with E-state index < -0.39 is 5.97 Å². The first-order valence-electron chi connectivity index (χ1n) is 5.25. The Morgan fingerprint density at radius 2 is 2.19 bits per heavy atom. The maximum Gasteiger partial charge on any atom is 0.306 e. The van der Waals surface area contributed by atoms with E-state index in [4.69, 9.17) is 9.84 Å². The Bertz CT molecular complexity index is 352. The second kappa shape index (κ2) is 6.00. The molecule has 0 radical (unpaired) electrons. The Morgan fingerprint density at radius 3 is 2.81 bits per heavy atom. The molecule has 1 atom stereocenters. The average Bonchev–Trinajstić information content (AvgIpc) is 2.29.